The molecular weight excluding hydrogens is 294 g/mol. The molecule has 1 aliphatic heterocycles. The van der Waals surface area contributed by atoms with Crippen LogP contribution in [-0.4, -0.2) is 58.6 Å². The second-order valence-corrected chi connectivity index (χ2v) is 7.83. The second kappa shape index (κ2) is 7.07. The maximum Gasteiger partial charge on any atom is 0.410 e. The van der Waals surface area contributed by atoms with Crippen molar-refractivity contribution in [2.45, 2.75) is 83.5 Å². The predicted molar refractivity (Wildman–Crippen MR) is 89.0 cm³/mol. The van der Waals surface area contributed by atoms with Gasteiger partial charge in [-0.15, -0.1) is 0 Å². The van der Waals surface area contributed by atoms with Gasteiger partial charge in [-0.1, -0.05) is 0 Å². The van der Waals surface area contributed by atoms with Crippen LogP contribution in [0, 0.1) is 0 Å². The van der Waals surface area contributed by atoms with Crippen LogP contribution in [-0.2, 0) is 9.53 Å². The third-order valence-electron chi connectivity index (χ3n) is 4.32. The summed E-state index contributed by atoms with van der Waals surface area (Å²) >= 11 is 0. The molecule has 0 bridgehead atoms. The van der Waals surface area contributed by atoms with E-state index < -0.39 is 11.6 Å². The van der Waals surface area contributed by atoms with Gasteiger partial charge in [-0.25, -0.2) is 4.79 Å². The number of piperidine rings is 1. The van der Waals surface area contributed by atoms with Gasteiger partial charge in [0.2, 0.25) is 5.91 Å². The van der Waals surface area contributed by atoms with Gasteiger partial charge < -0.3 is 20.3 Å². The number of hydrogen-bond donors (Lipinski definition) is 1. The maximum absolute atomic E-state index is 12.5. The normalized spacial score (nSPS) is 23.3. The Hall–Kier alpha value is -1.30. The molecule has 2 atom stereocenters. The van der Waals surface area contributed by atoms with Crippen molar-refractivity contribution in [2.24, 2.45) is 5.73 Å². The number of ether oxygens (including phenoxy) is 1. The summed E-state index contributed by atoms with van der Waals surface area (Å²) < 4.78 is 5.54. The fourth-order valence-corrected chi connectivity index (χ4v) is 3.05. The van der Waals surface area contributed by atoms with Gasteiger partial charge in [-0.3, -0.25) is 4.79 Å². The number of likely N-dealkylation sites (tertiary alicyclic amines) is 1. The van der Waals surface area contributed by atoms with Crippen LogP contribution in [0.25, 0.3) is 0 Å². The zero-order chi connectivity index (χ0) is 17.2. The number of carbonyl (C=O) groups is 2. The SMILES string of the molecule is C[C@H](N)C(=O)N1CCCC[C@@H]1CN(C(=O)OC(C)(C)C)C1CC1. The van der Waals surface area contributed by atoms with Crippen LogP contribution in [0.4, 0.5) is 4.79 Å². The highest BCUT2D eigenvalue weighted by Crippen LogP contribution is 2.30. The average molecular weight is 325 g/mol. The van der Waals surface area contributed by atoms with Gasteiger partial charge >= 0.3 is 6.09 Å². The van der Waals surface area contributed by atoms with Crippen LogP contribution in [0.15, 0.2) is 0 Å². The standard InChI is InChI=1S/C17H31N3O3/c1-12(18)15(21)19-10-6-5-7-14(19)11-20(13-8-9-13)16(22)23-17(2,3)4/h12-14H,5-11,18H2,1-4H3/t12-,14+/m0/s1. The predicted octanol–water partition coefficient (Wildman–Crippen LogP) is 2.11. The summed E-state index contributed by atoms with van der Waals surface area (Å²) in [6, 6.07) is -0.180. The molecule has 1 aliphatic carbocycles. The molecule has 2 N–H and O–H groups in total. The van der Waals surface area contributed by atoms with Crippen molar-refractivity contribution in [3.05, 3.63) is 0 Å². The van der Waals surface area contributed by atoms with Crippen LogP contribution in [0.2, 0.25) is 0 Å². The summed E-state index contributed by atoms with van der Waals surface area (Å²) in [5.74, 6) is -0.0189. The molecule has 1 saturated heterocycles. The van der Waals surface area contributed by atoms with E-state index in [0.29, 0.717) is 6.54 Å². The van der Waals surface area contributed by atoms with E-state index in [0.717, 1.165) is 38.6 Å². The molecule has 6 nitrogen and oxygen atoms in total. The second-order valence-electron chi connectivity index (χ2n) is 7.83. The molecule has 0 radical (unpaired) electrons. The molecule has 2 fully saturated rings. The van der Waals surface area contributed by atoms with E-state index in [2.05, 4.69) is 0 Å². The molecule has 1 heterocycles. The van der Waals surface area contributed by atoms with Gasteiger partial charge in [0.25, 0.3) is 0 Å². The lowest BCUT2D eigenvalue weighted by atomic mass is 10.0. The minimum atomic E-state index is -0.502. The van der Waals surface area contributed by atoms with Gasteiger partial charge in [0.1, 0.15) is 5.60 Å². The molecule has 132 valence electrons. The van der Waals surface area contributed by atoms with Crippen molar-refractivity contribution in [3.63, 3.8) is 0 Å². The zero-order valence-electron chi connectivity index (χ0n) is 14.9. The van der Waals surface area contributed by atoms with Crippen LogP contribution in [0.3, 0.4) is 0 Å². The van der Waals surface area contributed by atoms with E-state index in [1.54, 1.807) is 6.92 Å². The molecule has 2 aliphatic rings. The number of hydrogen-bond acceptors (Lipinski definition) is 4. The Morgan fingerprint density at radius 2 is 1.91 bits per heavy atom. The largest absolute Gasteiger partial charge is 0.444 e. The maximum atomic E-state index is 12.5. The topological polar surface area (TPSA) is 75.9 Å². The van der Waals surface area contributed by atoms with E-state index in [9.17, 15) is 9.59 Å². The van der Waals surface area contributed by atoms with Crippen LogP contribution in [0.5, 0.6) is 0 Å². The molecule has 2 rings (SSSR count). The Morgan fingerprint density at radius 3 is 2.43 bits per heavy atom. The molecule has 0 aromatic rings. The summed E-state index contributed by atoms with van der Waals surface area (Å²) in [7, 11) is 0. The lowest BCUT2D eigenvalue weighted by Gasteiger charge is -2.39. The number of nitrogens with two attached hydrogens (primary N) is 1. The molecule has 0 aromatic carbocycles. The Bertz CT molecular complexity index is 441. The highest BCUT2D eigenvalue weighted by Gasteiger charge is 2.39. The number of carbonyl (C=O) groups excluding carboxylic acids is 2. The molecule has 1 saturated carbocycles. The lowest BCUT2D eigenvalue weighted by Crippen LogP contribution is -2.55. The van der Waals surface area contributed by atoms with Crippen molar-refractivity contribution in [1.29, 1.82) is 0 Å². The molecular formula is C17H31N3O3. The first kappa shape index (κ1) is 18.0. The molecule has 0 spiro atoms. The third-order valence-corrected chi connectivity index (χ3v) is 4.32. The van der Waals surface area contributed by atoms with Crippen molar-refractivity contribution >= 4 is 12.0 Å². The van der Waals surface area contributed by atoms with E-state index in [1.165, 1.54) is 0 Å². The monoisotopic (exact) mass is 325 g/mol. The average Bonchev–Trinajstić information content (AvgIpc) is 3.26. The minimum Gasteiger partial charge on any atom is -0.444 e. The van der Waals surface area contributed by atoms with Gasteiger partial charge in [-0.2, -0.15) is 0 Å². The summed E-state index contributed by atoms with van der Waals surface area (Å²) in [6.07, 6.45) is 4.79. The van der Waals surface area contributed by atoms with Gasteiger partial charge in [0.15, 0.2) is 0 Å². The first-order valence-corrected chi connectivity index (χ1v) is 8.74. The van der Waals surface area contributed by atoms with Crippen LogP contribution < -0.4 is 5.73 Å². The van der Waals surface area contributed by atoms with Crippen LogP contribution in [0.1, 0.15) is 59.8 Å². The summed E-state index contributed by atoms with van der Waals surface area (Å²) in [5, 5.41) is 0. The van der Waals surface area contributed by atoms with Crippen molar-refractivity contribution in [1.82, 2.24) is 9.80 Å². The van der Waals surface area contributed by atoms with Crippen LogP contribution >= 0.6 is 0 Å². The fourth-order valence-electron chi connectivity index (χ4n) is 3.05. The van der Waals surface area contributed by atoms with E-state index in [4.69, 9.17) is 10.5 Å². The van der Waals surface area contributed by atoms with Crippen molar-refractivity contribution < 1.29 is 14.3 Å². The van der Waals surface area contributed by atoms with E-state index >= 15 is 0 Å². The smallest absolute Gasteiger partial charge is 0.410 e. The van der Waals surface area contributed by atoms with E-state index in [-0.39, 0.29) is 24.1 Å². The highest BCUT2D eigenvalue weighted by molar-refractivity contribution is 5.81. The van der Waals surface area contributed by atoms with Gasteiger partial charge in [0, 0.05) is 25.2 Å². The summed E-state index contributed by atoms with van der Waals surface area (Å²) in [5.41, 5.74) is 5.28. The molecule has 2 amide bonds. The Kier molecular flexibility index (Phi) is 5.55. The van der Waals surface area contributed by atoms with Gasteiger partial charge in [0.05, 0.1) is 6.04 Å². The van der Waals surface area contributed by atoms with Crippen molar-refractivity contribution in [3.8, 4) is 0 Å². The molecule has 0 aromatic heterocycles. The zero-order valence-corrected chi connectivity index (χ0v) is 14.9. The Morgan fingerprint density at radius 1 is 1.26 bits per heavy atom. The summed E-state index contributed by atoms with van der Waals surface area (Å²) in [4.78, 5) is 28.5. The van der Waals surface area contributed by atoms with Crippen molar-refractivity contribution in [2.75, 3.05) is 13.1 Å². The highest BCUT2D eigenvalue weighted by atomic mass is 16.6. The van der Waals surface area contributed by atoms with Gasteiger partial charge in [-0.05, 0) is 59.8 Å². The Labute approximate surface area is 139 Å². The first-order valence-electron chi connectivity index (χ1n) is 8.74. The fraction of sp³-hybridized carbons (Fsp3) is 0.882. The number of amides is 2. The molecule has 23 heavy (non-hydrogen) atoms. The molecule has 6 heteroatoms. The Balaban J connectivity index is 2.05. The quantitative estimate of drug-likeness (QED) is 0.859. The minimum absolute atomic E-state index is 0.0189. The molecule has 0 unspecified atom stereocenters. The van der Waals surface area contributed by atoms with E-state index in [1.807, 2.05) is 30.6 Å². The lowest BCUT2D eigenvalue weighted by molar-refractivity contribution is -0.136. The summed E-state index contributed by atoms with van der Waals surface area (Å²) in [6.45, 7) is 8.64. The number of nitrogens with zero attached hydrogens (tertiary/aromatic N) is 2. The number of rotatable bonds is 4. The first-order chi connectivity index (χ1) is 10.7. The third kappa shape index (κ3) is 5.09.